The van der Waals surface area contributed by atoms with Crippen LogP contribution in [-0.4, -0.2) is 38.0 Å². The largest absolute Gasteiger partial charge is 0.497 e. The number of carbonyl (C=O) groups is 1. The zero-order valence-electron chi connectivity index (χ0n) is 16.5. The molecule has 0 aliphatic carbocycles. The minimum absolute atomic E-state index is 0.0508. The lowest BCUT2D eigenvalue weighted by Gasteiger charge is -2.10. The number of nitrogens with one attached hydrogen (secondary N) is 1. The highest BCUT2D eigenvalue weighted by molar-refractivity contribution is 8.01. The number of ether oxygens (including phenoxy) is 1. The fraction of sp³-hybridized carbons (Fsp3) is 0.278. The van der Waals surface area contributed by atoms with Crippen molar-refractivity contribution in [1.29, 1.82) is 0 Å². The molecule has 10 nitrogen and oxygen atoms in total. The van der Waals surface area contributed by atoms with Crippen molar-refractivity contribution in [2.24, 2.45) is 14.1 Å². The van der Waals surface area contributed by atoms with Gasteiger partial charge in [0.15, 0.2) is 10.1 Å². The maximum absolute atomic E-state index is 12.5. The maximum atomic E-state index is 12.5. The van der Waals surface area contributed by atoms with Gasteiger partial charge in [-0.3, -0.25) is 18.7 Å². The van der Waals surface area contributed by atoms with Gasteiger partial charge in [0.25, 0.3) is 5.56 Å². The number of aromatic nitrogens is 4. The smallest absolute Gasteiger partial charge is 0.332 e. The molecule has 0 bridgehead atoms. The molecule has 0 fully saturated rings. The van der Waals surface area contributed by atoms with Crippen LogP contribution in [0.3, 0.4) is 0 Å². The summed E-state index contributed by atoms with van der Waals surface area (Å²) in [6, 6.07) is 7.64. The molecule has 0 atom stereocenters. The molecular formula is C18H20N6O4S2. The van der Waals surface area contributed by atoms with Crippen LogP contribution in [0.4, 0.5) is 10.9 Å². The summed E-state index contributed by atoms with van der Waals surface area (Å²) in [6.45, 7) is 0.562. The number of ketones is 1. The fourth-order valence-electron chi connectivity index (χ4n) is 2.58. The predicted molar refractivity (Wildman–Crippen MR) is 117 cm³/mol. The summed E-state index contributed by atoms with van der Waals surface area (Å²) in [5, 5.41) is 11.9. The Bertz CT molecular complexity index is 1180. The van der Waals surface area contributed by atoms with Crippen molar-refractivity contribution in [3.63, 3.8) is 0 Å². The highest BCUT2D eigenvalue weighted by Crippen LogP contribution is 2.26. The van der Waals surface area contributed by atoms with Crippen molar-refractivity contribution < 1.29 is 9.53 Å². The third kappa shape index (κ3) is 4.54. The highest BCUT2D eigenvalue weighted by Gasteiger charge is 2.20. The summed E-state index contributed by atoms with van der Waals surface area (Å²) < 4.78 is 7.64. The number of nitrogens with zero attached hydrogens (tertiary/aromatic N) is 4. The van der Waals surface area contributed by atoms with E-state index >= 15 is 0 Å². The van der Waals surface area contributed by atoms with Gasteiger partial charge in [-0.15, -0.1) is 10.2 Å². The second kappa shape index (κ2) is 9.13. The van der Waals surface area contributed by atoms with Crippen molar-refractivity contribution in [2.45, 2.75) is 10.9 Å². The van der Waals surface area contributed by atoms with Gasteiger partial charge in [0.2, 0.25) is 5.13 Å². The molecule has 3 rings (SSSR count). The molecule has 0 saturated carbocycles. The van der Waals surface area contributed by atoms with Crippen molar-refractivity contribution in [3.8, 4) is 5.75 Å². The molecule has 12 heteroatoms. The molecule has 0 unspecified atom stereocenters. The van der Waals surface area contributed by atoms with Gasteiger partial charge in [0, 0.05) is 20.6 Å². The average molecular weight is 449 g/mol. The number of rotatable bonds is 8. The van der Waals surface area contributed by atoms with E-state index in [1.807, 2.05) is 24.3 Å². The molecule has 1 aromatic carbocycles. The standard InChI is InChI=1S/C18H20N6O4S2/c1-23-14(19)13(15(26)24(2)18(23)27)12(25)9-29-17-22-21-16(30-17)20-8-10-4-6-11(28-3)7-5-10/h4-7H,8-9,19H2,1-3H3,(H,20,21). The molecule has 0 radical (unpaired) electrons. The number of anilines is 2. The van der Waals surface area contributed by atoms with Gasteiger partial charge in [-0.05, 0) is 17.7 Å². The molecule has 3 N–H and O–H groups in total. The van der Waals surface area contributed by atoms with Gasteiger partial charge in [-0.25, -0.2) is 4.79 Å². The monoisotopic (exact) mass is 448 g/mol. The third-order valence-corrected chi connectivity index (χ3v) is 6.34. The normalized spacial score (nSPS) is 10.8. The van der Waals surface area contributed by atoms with Crippen LogP contribution in [0.25, 0.3) is 0 Å². The van der Waals surface area contributed by atoms with Crippen molar-refractivity contribution in [1.82, 2.24) is 19.3 Å². The van der Waals surface area contributed by atoms with Gasteiger partial charge in [0.05, 0.1) is 12.9 Å². The number of hydrogen-bond acceptors (Lipinski definition) is 10. The second-order valence-corrected chi connectivity index (χ2v) is 8.45. The van der Waals surface area contributed by atoms with Crippen LogP contribution in [0.5, 0.6) is 5.75 Å². The fourth-order valence-corrected chi connectivity index (χ4v) is 4.20. The second-order valence-electron chi connectivity index (χ2n) is 6.25. The molecule has 2 heterocycles. The van der Waals surface area contributed by atoms with Gasteiger partial charge < -0.3 is 15.8 Å². The van der Waals surface area contributed by atoms with E-state index in [1.165, 1.54) is 25.4 Å². The first-order chi connectivity index (χ1) is 14.3. The molecule has 30 heavy (non-hydrogen) atoms. The Morgan fingerprint density at radius 2 is 1.90 bits per heavy atom. The molecule has 3 aromatic rings. The molecule has 2 aromatic heterocycles. The number of methoxy groups -OCH3 is 1. The minimum atomic E-state index is -0.708. The van der Waals surface area contributed by atoms with Crippen LogP contribution in [0.15, 0.2) is 38.2 Å². The van der Waals surface area contributed by atoms with Crippen molar-refractivity contribution in [3.05, 3.63) is 56.2 Å². The molecule has 0 amide bonds. The van der Waals surface area contributed by atoms with Crippen LogP contribution < -0.4 is 27.0 Å². The molecule has 0 aliphatic rings. The van der Waals surface area contributed by atoms with E-state index in [4.69, 9.17) is 10.5 Å². The van der Waals surface area contributed by atoms with Crippen LogP contribution in [0, 0.1) is 0 Å². The topological polar surface area (TPSA) is 134 Å². The summed E-state index contributed by atoms with van der Waals surface area (Å²) in [6.07, 6.45) is 0. The summed E-state index contributed by atoms with van der Waals surface area (Å²) in [4.78, 5) is 36.7. The van der Waals surface area contributed by atoms with Crippen molar-refractivity contribution in [2.75, 3.05) is 23.9 Å². The number of nitrogens with two attached hydrogens (primary N) is 1. The number of nitrogen functional groups attached to an aromatic ring is 1. The van der Waals surface area contributed by atoms with Crippen LogP contribution >= 0.6 is 23.1 Å². The Morgan fingerprint density at radius 3 is 2.57 bits per heavy atom. The van der Waals surface area contributed by atoms with Gasteiger partial charge in [-0.1, -0.05) is 35.2 Å². The van der Waals surface area contributed by atoms with E-state index in [-0.39, 0.29) is 17.1 Å². The summed E-state index contributed by atoms with van der Waals surface area (Å²) >= 11 is 2.45. The van der Waals surface area contributed by atoms with E-state index in [2.05, 4.69) is 15.5 Å². The lowest BCUT2D eigenvalue weighted by atomic mass is 10.2. The number of hydrogen-bond donors (Lipinski definition) is 2. The Balaban J connectivity index is 1.62. The first-order valence-electron chi connectivity index (χ1n) is 8.73. The van der Waals surface area contributed by atoms with E-state index in [9.17, 15) is 14.4 Å². The number of thioether (sulfide) groups is 1. The van der Waals surface area contributed by atoms with Crippen molar-refractivity contribution >= 4 is 39.8 Å². The van der Waals surface area contributed by atoms with E-state index < -0.39 is 17.0 Å². The summed E-state index contributed by atoms with van der Waals surface area (Å²) in [7, 11) is 4.33. The first-order valence-corrected chi connectivity index (χ1v) is 10.5. The predicted octanol–water partition coefficient (Wildman–Crippen LogP) is 1.11. The van der Waals surface area contributed by atoms with Crippen LogP contribution in [0.1, 0.15) is 15.9 Å². The van der Waals surface area contributed by atoms with Gasteiger partial charge in [0.1, 0.15) is 17.1 Å². The summed E-state index contributed by atoms with van der Waals surface area (Å²) in [5.41, 5.74) is 5.38. The number of Topliss-reactive ketones (excluding diaryl/α,β-unsaturated/α-hetero) is 1. The molecule has 158 valence electrons. The zero-order valence-corrected chi connectivity index (χ0v) is 18.2. The van der Waals surface area contributed by atoms with Gasteiger partial charge in [-0.2, -0.15) is 0 Å². The Hall–Kier alpha value is -3.12. The zero-order chi connectivity index (χ0) is 21.8. The van der Waals surface area contributed by atoms with Crippen LogP contribution in [0.2, 0.25) is 0 Å². The summed E-state index contributed by atoms with van der Waals surface area (Å²) in [5.74, 6) is 0.113. The number of carbonyl (C=O) groups excluding carboxylic acids is 1. The molecular weight excluding hydrogens is 428 g/mol. The van der Waals surface area contributed by atoms with Gasteiger partial charge >= 0.3 is 5.69 Å². The van der Waals surface area contributed by atoms with E-state index in [1.54, 1.807) is 7.11 Å². The average Bonchev–Trinajstić information content (AvgIpc) is 3.22. The van der Waals surface area contributed by atoms with E-state index in [0.717, 1.165) is 32.2 Å². The number of benzene rings is 1. The lowest BCUT2D eigenvalue weighted by Crippen LogP contribution is -2.41. The lowest BCUT2D eigenvalue weighted by molar-refractivity contribution is 0.102. The quantitative estimate of drug-likeness (QED) is 0.384. The first kappa shape index (κ1) is 21.6. The Kier molecular flexibility index (Phi) is 6.57. The Labute approximate surface area is 179 Å². The molecule has 0 spiro atoms. The van der Waals surface area contributed by atoms with E-state index in [0.29, 0.717) is 16.0 Å². The highest BCUT2D eigenvalue weighted by atomic mass is 32.2. The molecule has 0 aliphatic heterocycles. The third-order valence-electron chi connectivity index (χ3n) is 4.32. The maximum Gasteiger partial charge on any atom is 0.332 e. The minimum Gasteiger partial charge on any atom is -0.497 e. The molecule has 0 saturated heterocycles. The SMILES string of the molecule is COc1ccc(CNc2nnc(SCC(=O)c3c(N)n(C)c(=O)n(C)c3=O)s2)cc1. The van der Waals surface area contributed by atoms with Crippen LogP contribution in [-0.2, 0) is 20.6 Å². The Morgan fingerprint density at radius 1 is 1.20 bits per heavy atom.